The van der Waals surface area contributed by atoms with Crippen LogP contribution < -0.4 is 9.47 Å². The van der Waals surface area contributed by atoms with E-state index in [1.165, 1.54) is 0 Å². The summed E-state index contributed by atoms with van der Waals surface area (Å²) in [5.74, 6) is 2.11. The molecule has 1 heterocycles. The molecule has 2 aromatic rings. The van der Waals surface area contributed by atoms with E-state index in [0.29, 0.717) is 24.8 Å². The van der Waals surface area contributed by atoms with Crippen molar-refractivity contribution >= 4 is 0 Å². The lowest BCUT2D eigenvalue weighted by atomic mass is 10.2. The molecule has 1 saturated carbocycles. The zero-order chi connectivity index (χ0) is 14.7. The molecule has 0 atom stereocenters. The Balaban J connectivity index is 1.58. The number of aliphatic hydroxyl groups excluding tert-OH is 1. The van der Waals surface area contributed by atoms with Gasteiger partial charge in [-0.3, -0.25) is 0 Å². The third-order valence-electron chi connectivity index (χ3n) is 3.59. The molecule has 0 aliphatic heterocycles. The summed E-state index contributed by atoms with van der Waals surface area (Å²) in [7, 11) is 1.64. The van der Waals surface area contributed by atoms with Gasteiger partial charge in [0.15, 0.2) is 0 Å². The van der Waals surface area contributed by atoms with E-state index in [1.807, 2.05) is 28.9 Å². The van der Waals surface area contributed by atoms with Crippen LogP contribution in [-0.4, -0.2) is 33.8 Å². The summed E-state index contributed by atoms with van der Waals surface area (Å²) in [6, 6.07) is 7.48. The first kappa shape index (κ1) is 13.9. The van der Waals surface area contributed by atoms with E-state index in [2.05, 4.69) is 10.3 Å². The Morgan fingerprint density at radius 2 is 1.95 bits per heavy atom. The number of aromatic nitrogens is 3. The Morgan fingerprint density at radius 3 is 2.57 bits per heavy atom. The molecule has 0 amide bonds. The number of ether oxygens (including phenoxy) is 2. The molecule has 1 aliphatic carbocycles. The second-order valence-corrected chi connectivity index (χ2v) is 5.10. The first-order chi connectivity index (χ1) is 10.3. The third kappa shape index (κ3) is 3.16. The van der Waals surface area contributed by atoms with E-state index in [4.69, 9.17) is 9.47 Å². The van der Waals surface area contributed by atoms with Crippen molar-refractivity contribution in [1.29, 1.82) is 0 Å². The number of aliphatic hydroxyl groups is 1. The SMILES string of the molecule is COc1ccc(OCCn2nnc(CO)c2C2CC2)cc1. The van der Waals surface area contributed by atoms with Gasteiger partial charge < -0.3 is 14.6 Å². The Hall–Kier alpha value is -2.08. The van der Waals surface area contributed by atoms with Crippen LogP contribution in [0.5, 0.6) is 11.5 Å². The number of hydrogen-bond acceptors (Lipinski definition) is 5. The summed E-state index contributed by atoms with van der Waals surface area (Å²) < 4.78 is 12.7. The topological polar surface area (TPSA) is 69.4 Å². The summed E-state index contributed by atoms with van der Waals surface area (Å²) in [5, 5.41) is 17.5. The molecule has 1 fully saturated rings. The highest BCUT2D eigenvalue weighted by atomic mass is 16.5. The second kappa shape index (κ2) is 6.13. The van der Waals surface area contributed by atoms with E-state index in [0.717, 1.165) is 30.0 Å². The summed E-state index contributed by atoms with van der Waals surface area (Å²) in [5.41, 5.74) is 1.76. The van der Waals surface area contributed by atoms with Crippen LogP contribution in [-0.2, 0) is 13.2 Å². The number of nitrogens with zero attached hydrogens (tertiary/aromatic N) is 3. The molecule has 0 radical (unpaired) electrons. The van der Waals surface area contributed by atoms with Crippen LogP contribution in [0.4, 0.5) is 0 Å². The average molecular weight is 289 g/mol. The smallest absolute Gasteiger partial charge is 0.119 e. The third-order valence-corrected chi connectivity index (χ3v) is 3.59. The van der Waals surface area contributed by atoms with E-state index in [1.54, 1.807) is 7.11 Å². The molecule has 1 aromatic carbocycles. The van der Waals surface area contributed by atoms with Gasteiger partial charge in [-0.05, 0) is 37.1 Å². The van der Waals surface area contributed by atoms with Gasteiger partial charge in [-0.1, -0.05) is 5.21 Å². The largest absolute Gasteiger partial charge is 0.497 e. The second-order valence-electron chi connectivity index (χ2n) is 5.10. The van der Waals surface area contributed by atoms with Crippen LogP contribution in [0.1, 0.15) is 30.1 Å². The van der Waals surface area contributed by atoms with Crippen LogP contribution in [0.3, 0.4) is 0 Å². The van der Waals surface area contributed by atoms with Gasteiger partial charge in [0.2, 0.25) is 0 Å². The lowest BCUT2D eigenvalue weighted by Crippen LogP contribution is -2.12. The molecule has 112 valence electrons. The Morgan fingerprint density at radius 1 is 1.24 bits per heavy atom. The highest BCUT2D eigenvalue weighted by molar-refractivity contribution is 5.31. The summed E-state index contributed by atoms with van der Waals surface area (Å²) in [4.78, 5) is 0. The molecule has 0 saturated heterocycles. The van der Waals surface area contributed by atoms with Gasteiger partial charge in [0.1, 0.15) is 23.8 Å². The van der Waals surface area contributed by atoms with Crippen molar-refractivity contribution in [3.8, 4) is 11.5 Å². The molecule has 0 spiro atoms. The predicted octanol–water partition coefficient (Wildman–Crippen LogP) is 1.74. The zero-order valence-corrected chi connectivity index (χ0v) is 12.0. The summed E-state index contributed by atoms with van der Waals surface area (Å²) >= 11 is 0. The highest BCUT2D eigenvalue weighted by Crippen LogP contribution is 2.41. The molecular weight excluding hydrogens is 270 g/mol. The van der Waals surface area contributed by atoms with E-state index in [-0.39, 0.29) is 6.61 Å². The highest BCUT2D eigenvalue weighted by Gasteiger charge is 2.30. The van der Waals surface area contributed by atoms with Crippen molar-refractivity contribution in [2.75, 3.05) is 13.7 Å². The molecule has 3 rings (SSSR count). The van der Waals surface area contributed by atoms with Crippen LogP contribution in [0.2, 0.25) is 0 Å². The van der Waals surface area contributed by atoms with Gasteiger partial charge in [-0.2, -0.15) is 0 Å². The average Bonchev–Trinajstić information content (AvgIpc) is 3.28. The minimum Gasteiger partial charge on any atom is -0.497 e. The summed E-state index contributed by atoms with van der Waals surface area (Å²) in [6.07, 6.45) is 2.30. The number of methoxy groups -OCH3 is 1. The van der Waals surface area contributed by atoms with Gasteiger partial charge in [-0.15, -0.1) is 5.10 Å². The predicted molar refractivity (Wildman–Crippen MR) is 76.4 cm³/mol. The quantitative estimate of drug-likeness (QED) is 0.840. The number of hydrogen-bond donors (Lipinski definition) is 1. The number of benzene rings is 1. The normalized spacial score (nSPS) is 14.2. The molecule has 21 heavy (non-hydrogen) atoms. The fourth-order valence-electron chi connectivity index (χ4n) is 2.36. The molecule has 6 nitrogen and oxygen atoms in total. The Bertz CT molecular complexity index is 591. The van der Waals surface area contributed by atoms with Crippen LogP contribution >= 0.6 is 0 Å². The van der Waals surface area contributed by atoms with Crippen LogP contribution in [0.15, 0.2) is 24.3 Å². The van der Waals surface area contributed by atoms with Crippen molar-refractivity contribution in [2.45, 2.75) is 31.9 Å². The van der Waals surface area contributed by atoms with Crippen molar-refractivity contribution in [3.05, 3.63) is 35.7 Å². The maximum atomic E-state index is 9.30. The van der Waals surface area contributed by atoms with Gasteiger partial charge in [0.25, 0.3) is 0 Å². The molecule has 1 aromatic heterocycles. The Labute approximate surface area is 123 Å². The molecule has 1 aliphatic rings. The van der Waals surface area contributed by atoms with E-state index in [9.17, 15) is 5.11 Å². The van der Waals surface area contributed by atoms with Crippen molar-refractivity contribution in [3.63, 3.8) is 0 Å². The lowest BCUT2D eigenvalue weighted by Gasteiger charge is -2.09. The van der Waals surface area contributed by atoms with Crippen LogP contribution in [0.25, 0.3) is 0 Å². The lowest BCUT2D eigenvalue weighted by molar-refractivity contribution is 0.274. The molecule has 0 bridgehead atoms. The standard InChI is InChI=1S/C15H19N3O3/c1-20-12-4-6-13(7-5-12)21-9-8-18-15(11-2-3-11)14(10-19)16-17-18/h4-7,11,19H,2-3,8-10H2,1H3. The maximum absolute atomic E-state index is 9.30. The first-order valence-electron chi connectivity index (χ1n) is 7.11. The van der Waals surface area contributed by atoms with Crippen molar-refractivity contribution in [2.24, 2.45) is 0 Å². The van der Waals surface area contributed by atoms with Gasteiger partial charge in [0.05, 0.1) is 26.0 Å². The van der Waals surface area contributed by atoms with Gasteiger partial charge in [-0.25, -0.2) is 4.68 Å². The fraction of sp³-hybridized carbons (Fsp3) is 0.467. The zero-order valence-electron chi connectivity index (χ0n) is 12.0. The van der Waals surface area contributed by atoms with Crippen LogP contribution in [0, 0.1) is 0 Å². The van der Waals surface area contributed by atoms with Crippen molar-refractivity contribution in [1.82, 2.24) is 15.0 Å². The molecular formula is C15H19N3O3. The first-order valence-corrected chi connectivity index (χ1v) is 7.11. The van der Waals surface area contributed by atoms with E-state index < -0.39 is 0 Å². The minimum atomic E-state index is -0.0504. The number of rotatable bonds is 7. The monoisotopic (exact) mass is 289 g/mol. The van der Waals surface area contributed by atoms with Gasteiger partial charge in [0, 0.05) is 5.92 Å². The fourth-order valence-corrected chi connectivity index (χ4v) is 2.36. The summed E-state index contributed by atoms with van der Waals surface area (Å²) in [6.45, 7) is 1.09. The van der Waals surface area contributed by atoms with Crippen molar-refractivity contribution < 1.29 is 14.6 Å². The molecule has 1 N–H and O–H groups in total. The molecule has 0 unspecified atom stereocenters. The van der Waals surface area contributed by atoms with Gasteiger partial charge >= 0.3 is 0 Å². The Kier molecular flexibility index (Phi) is 4.06. The molecule has 6 heteroatoms. The minimum absolute atomic E-state index is 0.0504. The maximum Gasteiger partial charge on any atom is 0.119 e. The van der Waals surface area contributed by atoms with E-state index >= 15 is 0 Å².